The first-order valence-corrected chi connectivity index (χ1v) is 12.1. The fourth-order valence-electron chi connectivity index (χ4n) is 3.07. The highest BCUT2D eigenvalue weighted by atomic mass is 32.2. The van der Waals surface area contributed by atoms with Crippen LogP contribution in [-0.4, -0.2) is 40.8 Å². The topological polar surface area (TPSA) is 97.3 Å². The van der Waals surface area contributed by atoms with E-state index >= 15 is 0 Å². The fourth-order valence-corrected chi connectivity index (χ4v) is 4.52. The Morgan fingerprint density at radius 2 is 1.68 bits per heavy atom. The molecule has 0 aliphatic rings. The highest BCUT2D eigenvalue weighted by Crippen LogP contribution is 2.32. The number of hydrazone groups is 1. The van der Waals surface area contributed by atoms with E-state index in [0.29, 0.717) is 12.4 Å². The fraction of sp³-hybridized carbons (Fsp3) is 0.200. The molecule has 178 valence electrons. The lowest BCUT2D eigenvalue weighted by Crippen LogP contribution is -2.39. The average molecular weight is 482 g/mol. The molecule has 0 saturated heterocycles. The minimum atomic E-state index is -4.04. The van der Waals surface area contributed by atoms with Gasteiger partial charge in [0.1, 0.15) is 18.0 Å². The first kappa shape index (κ1) is 24.8. The second kappa shape index (κ2) is 11.9. The van der Waals surface area contributed by atoms with E-state index in [9.17, 15) is 13.2 Å². The van der Waals surface area contributed by atoms with Crippen molar-refractivity contribution in [3.8, 4) is 11.5 Å². The van der Waals surface area contributed by atoms with Gasteiger partial charge in [0.05, 0.1) is 30.5 Å². The lowest BCUT2D eigenvalue weighted by atomic mass is 10.2. The summed E-state index contributed by atoms with van der Waals surface area (Å²) in [7, 11) is -2.61. The maximum absolute atomic E-state index is 13.4. The molecular formula is C25H27N3O5S. The molecule has 0 bridgehead atoms. The van der Waals surface area contributed by atoms with Crippen LogP contribution in [0.5, 0.6) is 11.5 Å². The molecule has 0 atom stereocenters. The number of rotatable bonds is 11. The highest BCUT2D eigenvalue weighted by molar-refractivity contribution is 7.92. The average Bonchev–Trinajstić information content (AvgIpc) is 2.87. The third kappa shape index (κ3) is 6.35. The standard InChI is InChI=1S/C25H27N3O5S/c1-3-17-33-21-15-13-20(14-16-21)18-26-27-25(29)19-28(23-11-7-8-12-24(23)32-2)34(30,31)22-9-5-4-6-10-22/h4-16,18H,3,17,19H2,1-2H3,(H,27,29)/b26-18-. The number of sulfonamides is 1. The normalized spacial score (nSPS) is 11.2. The summed E-state index contributed by atoms with van der Waals surface area (Å²) in [6.45, 7) is 2.18. The van der Waals surface area contributed by atoms with Crippen molar-refractivity contribution < 1.29 is 22.7 Å². The van der Waals surface area contributed by atoms with Crippen LogP contribution in [0.3, 0.4) is 0 Å². The molecular weight excluding hydrogens is 454 g/mol. The van der Waals surface area contributed by atoms with Crippen LogP contribution in [-0.2, 0) is 14.8 Å². The zero-order valence-corrected chi connectivity index (χ0v) is 19.9. The van der Waals surface area contributed by atoms with Gasteiger partial charge in [0.25, 0.3) is 15.9 Å². The van der Waals surface area contributed by atoms with E-state index in [1.54, 1.807) is 42.5 Å². The van der Waals surface area contributed by atoms with Crippen LogP contribution in [0.1, 0.15) is 18.9 Å². The Kier molecular flexibility index (Phi) is 8.64. The predicted molar refractivity (Wildman–Crippen MR) is 132 cm³/mol. The molecule has 0 heterocycles. The van der Waals surface area contributed by atoms with E-state index in [1.807, 2.05) is 31.2 Å². The van der Waals surface area contributed by atoms with Gasteiger partial charge in [-0.1, -0.05) is 37.3 Å². The third-order valence-corrected chi connectivity index (χ3v) is 6.50. The van der Waals surface area contributed by atoms with Crippen LogP contribution in [0, 0.1) is 0 Å². The summed E-state index contributed by atoms with van der Waals surface area (Å²) in [6.07, 6.45) is 2.39. The predicted octanol–water partition coefficient (Wildman–Crippen LogP) is 3.83. The maximum Gasteiger partial charge on any atom is 0.264 e. The molecule has 8 nitrogen and oxygen atoms in total. The molecule has 3 aromatic rings. The highest BCUT2D eigenvalue weighted by Gasteiger charge is 2.29. The van der Waals surface area contributed by atoms with Crippen LogP contribution in [0.2, 0.25) is 0 Å². The van der Waals surface area contributed by atoms with Gasteiger partial charge in [-0.25, -0.2) is 13.8 Å². The minimum Gasteiger partial charge on any atom is -0.495 e. The first-order chi connectivity index (χ1) is 16.5. The molecule has 0 unspecified atom stereocenters. The molecule has 0 aliphatic carbocycles. The van der Waals surface area contributed by atoms with Gasteiger partial charge in [-0.05, 0) is 60.5 Å². The molecule has 9 heteroatoms. The van der Waals surface area contributed by atoms with Gasteiger partial charge in [-0.15, -0.1) is 0 Å². The number of methoxy groups -OCH3 is 1. The quantitative estimate of drug-likeness (QED) is 0.332. The number of amides is 1. The van der Waals surface area contributed by atoms with Gasteiger partial charge in [0.2, 0.25) is 0 Å². The van der Waals surface area contributed by atoms with Gasteiger partial charge in [-0.3, -0.25) is 9.10 Å². The van der Waals surface area contributed by atoms with Crippen molar-refractivity contribution >= 4 is 27.8 Å². The Labute approximate surface area is 199 Å². The Bertz CT molecular complexity index is 1210. The van der Waals surface area contributed by atoms with Crippen LogP contribution in [0.4, 0.5) is 5.69 Å². The van der Waals surface area contributed by atoms with Crippen molar-refractivity contribution in [1.82, 2.24) is 5.43 Å². The van der Waals surface area contributed by atoms with E-state index in [0.717, 1.165) is 22.0 Å². The van der Waals surface area contributed by atoms with Crippen molar-refractivity contribution in [2.24, 2.45) is 5.10 Å². The van der Waals surface area contributed by atoms with Gasteiger partial charge < -0.3 is 9.47 Å². The summed E-state index contributed by atoms with van der Waals surface area (Å²) >= 11 is 0. The number of nitrogens with one attached hydrogen (secondary N) is 1. The molecule has 34 heavy (non-hydrogen) atoms. The molecule has 0 saturated carbocycles. The third-order valence-electron chi connectivity index (χ3n) is 4.73. The number of carbonyl (C=O) groups is 1. The first-order valence-electron chi connectivity index (χ1n) is 10.7. The molecule has 0 aliphatic heterocycles. The summed E-state index contributed by atoms with van der Waals surface area (Å²) in [5.41, 5.74) is 3.39. The molecule has 0 aromatic heterocycles. The number of hydrogen-bond acceptors (Lipinski definition) is 6. The lowest BCUT2D eigenvalue weighted by Gasteiger charge is -2.25. The number of carbonyl (C=O) groups excluding carboxylic acids is 1. The van der Waals surface area contributed by atoms with E-state index in [1.165, 1.54) is 25.5 Å². The Morgan fingerprint density at radius 3 is 2.35 bits per heavy atom. The van der Waals surface area contributed by atoms with E-state index in [-0.39, 0.29) is 10.6 Å². The van der Waals surface area contributed by atoms with Crippen molar-refractivity contribution in [3.05, 3.63) is 84.4 Å². The minimum absolute atomic E-state index is 0.0580. The van der Waals surface area contributed by atoms with Crippen LogP contribution in [0.15, 0.2) is 88.9 Å². The Balaban J connectivity index is 1.77. The van der Waals surface area contributed by atoms with E-state index in [2.05, 4.69) is 10.5 Å². The van der Waals surface area contributed by atoms with Gasteiger partial charge in [0.15, 0.2) is 0 Å². The van der Waals surface area contributed by atoms with E-state index in [4.69, 9.17) is 9.47 Å². The second-order valence-corrected chi connectivity index (χ2v) is 9.07. The summed E-state index contributed by atoms with van der Waals surface area (Å²) in [5.74, 6) is 0.467. The summed E-state index contributed by atoms with van der Waals surface area (Å²) in [6, 6.07) is 21.8. The van der Waals surface area contributed by atoms with Crippen LogP contribution >= 0.6 is 0 Å². The van der Waals surface area contributed by atoms with Gasteiger partial charge in [-0.2, -0.15) is 5.10 Å². The summed E-state index contributed by atoms with van der Waals surface area (Å²) in [5, 5.41) is 3.96. The van der Waals surface area contributed by atoms with E-state index < -0.39 is 22.5 Å². The number of ether oxygens (including phenoxy) is 2. The molecule has 3 aromatic carbocycles. The van der Waals surface area contributed by atoms with Gasteiger partial charge in [0, 0.05) is 0 Å². The zero-order chi connectivity index (χ0) is 24.4. The Hall–Kier alpha value is -3.85. The summed E-state index contributed by atoms with van der Waals surface area (Å²) < 4.78 is 38.6. The summed E-state index contributed by atoms with van der Waals surface area (Å²) in [4.78, 5) is 12.7. The van der Waals surface area contributed by atoms with Crippen LogP contribution < -0.4 is 19.2 Å². The number of nitrogens with zero attached hydrogens (tertiary/aromatic N) is 2. The molecule has 0 fully saturated rings. The van der Waals surface area contributed by atoms with Crippen molar-refractivity contribution in [3.63, 3.8) is 0 Å². The smallest absolute Gasteiger partial charge is 0.264 e. The SMILES string of the molecule is CCCOc1ccc(/C=N\NC(=O)CN(c2ccccc2OC)S(=O)(=O)c2ccccc2)cc1. The molecule has 1 amide bonds. The molecule has 0 radical (unpaired) electrons. The number of anilines is 1. The molecule has 1 N–H and O–H groups in total. The second-order valence-electron chi connectivity index (χ2n) is 7.21. The Morgan fingerprint density at radius 1 is 1.00 bits per heavy atom. The van der Waals surface area contributed by atoms with Crippen LogP contribution in [0.25, 0.3) is 0 Å². The maximum atomic E-state index is 13.4. The molecule has 0 spiro atoms. The number of para-hydroxylation sites is 2. The number of benzene rings is 3. The monoisotopic (exact) mass is 481 g/mol. The van der Waals surface area contributed by atoms with Gasteiger partial charge >= 0.3 is 0 Å². The van der Waals surface area contributed by atoms with Crippen molar-refractivity contribution in [2.45, 2.75) is 18.2 Å². The van der Waals surface area contributed by atoms with Crippen molar-refractivity contribution in [2.75, 3.05) is 24.6 Å². The number of hydrogen-bond donors (Lipinski definition) is 1. The lowest BCUT2D eigenvalue weighted by molar-refractivity contribution is -0.119. The largest absolute Gasteiger partial charge is 0.495 e. The zero-order valence-electron chi connectivity index (χ0n) is 19.0. The van der Waals surface area contributed by atoms with Crippen molar-refractivity contribution in [1.29, 1.82) is 0 Å². The molecule has 3 rings (SSSR count).